The SMILES string of the molecule is O=C(NCc1nnc(-c2ccncc2)o1)C1CCCCC1. The van der Waals surface area contributed by atoms with Gasteiger partial charge in [-0.2, -0.15) is 0 Å². The number of nitrogens with zero attached hydrogens (tertiary/aromatic N) is 3. The van der Waals surface area contributed by atoms with Gasteiger partial charge in [0.2, 0.25) is 17.7 Å². The smallest absolute Gasteiger partial charge is 0.247 e. The Balaban J connectivity index is 1.56. The zero-order valence-corrected chi connectivity index (χ0v) is 11.8. The molecule has 6 heteroatoms. The van der Waals surface area contributed by atoms with Crippen molar-refractivity contribution in [3.63, 3.8) is 0 Å². The summed E-state index contributed by atoms with van der Waals surface area (Å²) in [7, 11) is 0. The molecule has 0 unspecified atom stereocenters. The molecule has 3 rings (SSSR count). The van der Waals surface area contributed by atoms with E-state index in [1.807, 2.05) is 0 Å². The fourth-order valence-electron chi connectivity index (χ4n) is 2.61. The minimum absolute atomic E-state index is 0.0957. The van der Waals surface area contributed by atoms with Crippen LogP contribution in [0.25, 0.3) is 11.5 Å². The van der Waals surface area contributed by atoms with Crippen molar-refractivity contribution in [3.05, 3.63) is 30.4 Å². The molecule has 0 aliphatic heterocycles. The summed E-state index contributed by atoms with van der Waals surface area (Å²) in [5.74, 6) is 1.10. The Bertz CT molecular complexity index is 591. The first kappa shape index (κ1) is 13.7. The third-order valence-corrected chi connectivity index (χ3v) is 3.78. The van der Waals surface area contributed by atoms with E-state index >= 15 is 0 Å². The van der Waals surface area contributed by atoms with Gasteiger partial charge in [-0.3, -0.25) is 9.78 Å². The summed E-state index contributed by atoms with van der Waals surface area (Å²) >= 11 is 0. The Morgan fingerprint density at radius 1 is 1.19 bits per heavy atom. The highest BCUT2D eigenvalue weighted by Gasteiger charge is 2.21. The van der Waals surface area contributed by atoms with Crippen LogP contribution in [-0.2, 0) is 11.3 Å². The van der Waals surface area contributed by atoms with Crippen LogP contribution in [0.5, 0.6) is 0 Å². The third kappa shape index (κ3) is 3.45. The van der Waals surface area contributed by atoms with Gasteiger partial charge in [0.15, 0.2) is 0 Å². The molecule has 0 spiro atoms. The van der Waals surface area contributed by atoms with E-state index in [4.69, 9.17) is 4.42 Å². The van der Waals surface area contributed by atoms with Crippen LogP contribution < -0.4 is 5.32 Å². The van der Waals surface area contributed by atoms with E-state index in [1.54, 1.807) is 24.5 Å². The van der Waals surface area contributed by atoms with Crippen LogP contribution in [0.4, 0.5) is 0 Å². The molecule has 0 aromatic carbocycles. The summed E-state index contributed by atoms with van der Waals surface area (Å²) in [4.78, 5) is 16.0. The van der Waals surface area contributed by atoms with Crippen LogP contribution in [0.3, 0.4) is 0 Å². The van der Waals surface area contributed by atoms with Crippen LogP contribution >= 0.6 is 0 Å². The summed E-state index contributed by atoms with van der Waals surface area (Å²) in [5.41, 5.74) is 0.822. The molecule has 2 aromatic heterocycles. The number of amides is 1. The lowest BCUT2D eigenvalue weighted by Gasteiger charge is -2.20. The monoisotopic (exact) mass is 286 g/mol. The molecule has 1 amide bonds. The quantitative estimate of drug-likeness (QED) is 0.933. The molecule has 0 radical (unpaired) electrons. The highest BCUT2D eigenvalue weighted by atomic mass is 16.4. The van der Waals surface area contributed by atoms with Crippen molar-refractivity contribution in [1.29, 1.82) is 0 Å². The topological polar surface area (TPSA) is 80.9 Å². The van der Waals surface area contributed by atoms with Gasteiger partial charge in [-0.15, -0.1) is 10.2 Å². The third-order valence-electron chi connectivity index (χ3n) is 3.78. The summed E-state index contributed by atoms with van der Waals surface area (Å²) in [6.45, 7) is 0.285. The van der Waals surface area contributed by atoms with E-state index in [0.717, 1.165) is 31.2 Å². The standard InChI is InChI=1S/C15H18N4O2/c20-14(11-4-2-1-3-5-11)17-10-13-18-19-15(21-13)12-6-8-16-9-7-12/h6-9,11H,1-5,10H2,(H,17,20). The Morgan fingerprint density at radius 3 is 2.71 bits per heavy atom. The average molecular weight is 286 g/mol. The fourth-order valence-corrected chi connectivity index (χ4v) is 2.61. The van der Waals surface area contributed by atoms with Crippen LogP contribution in [0.15, 0.2) is 28.9 Å². The lowest BCUT2D eigenvalue weighted by molar-refractivity contribution is -0.126. The van der Waals surface area contributed by atoms with E-state index < -0.39 is 0 Å². The van der Waals surface area contributed by atoms with Crippen molar-refractivity contribution in [2.45, 2.75) is 38.6 Å². The Kier molecular flexibility index (Phi) is 4.23. The molecule has 2 heterocycles. The Labute approximate surface area is 123 Å². The van der Waals surface area contributed by atoms with E-state index in [2.05, 4.69) is 20.5 Å². The molecule has 0 saturated heterocycles. The molecule has 0 bridgehead atoms. The highest BCUT2D eigenvalue weighted by Crippen LogP contribution is 2.23. The molecule has 110 valence electrons. The number of hydrogen-bond acceptors (Lipinski definition) is 5. The highest BCUT2D eigenvalue weighted by molar-refractivity contribution is 5.78. The number of pyridine rings is 1. The number of carbonyl (C=O) groups is 1. The fraction of sp³-hybridized carbons (Fsp3) is 0.467. The molecule has 1 aliphatic rings. The van der Waals surface area contributed by atoms with Crippen LogP contribution in [0.2, 0.25) is 0 Å². The van der Waals surface area contributed by atoms with Gasteiger partial charge in [-0.25, -0.2) is 0 Å². The first-order valence-electron chi connectivity index (χ1n) is 7.33. The Hall–Kier alpha value is -2.24. The minimum atomic E-state index is 0.0957. The maximum atomic E-state index is 12.0. The predicted octanol–water partition coefficient (Wildman–Crippen LogP) is 2.33. The largest absolute Gasteiger partial charge is 0.419 e. The molecular formula is C15H18N4O2. The van der Waals surface area contributed by atoms with Gasteiger partial charge < -0.3 is 9.73 Å². The van der Waals surface area contributed by atoms with Crippen LogP contribution in [-0.4, -0.2) is 21.1 Å². The number of nitrogens with one attached hydrogen (secondary N) is 1. The lowest BCUT2D eigenvalue weighted by Crippen LogP contribution is -2.31. The summed E-state index contributed by atoms with van der Waals surface area (Å²) < 4.78 is 5.54. The normalized spacial score (nSPS) is 15.8. The molecule has 0 atom stereocenters. The molecule has 21 heavy (non-hydrogen) atoms. The lowest BCUT2D eigenvalue weighted by atomic mass is 9.89. The Morgan fingerprint density at radius 2 is 1.95 bits per heavy atom. The summed E-state index contributed by atoms with van der Waals surface area (Å²) in [6.07, 6.45) is 8.84. The second-order valence-electron chi connectivity index (χ2n) is 5.29. The number of carbonyl (C=O) groups excluding carboxylic acids is 1. The van der Waals surface area contributed by atoms with Gasteiger partial charge in [0.25, 0.3) is 0 Å². The first-order chi connectivity index (χ1) is 10.3. The maximum absolute atomic E-state index is 12.0. The van der Waals surface area contributed by atoms with Crippen LogP contribution in [0.1, 0.15) is 38.0 Å². The second-order valence-corrected chi connectivity index (χ2v) is 5.29. The zero-order valence-electron chi connectivity index (χ0n) is 11.8. The van der Waals surface area contributed by atoms with Gasteiger partial charge in [0, 0.05) is 23.9 Å². The summed E-state index contributed by atoms with van der Waals surface area (Å²) in [6, 6.07) is 3.61. The van der Waals surface area contributed by atoms with Crippen molar-refractivity contribution in [1.82, 2.24) is 20.5 Å². The molecular weight excluding hydrogens is 268 g/mol. The van der Waals surface area contributed by atoms with E-state index in [-0.39, 0.29) is 18.4 Å². The second kappa shape index (κ2) is 6.47. The van der Waals surface area contributed by atoms with Gasteiger partial charge in [0.05, 0.1) is 6.54 Å². The van der Waals surface area contributed by atoms with Crippen molar-refractivity contribution in [3.8, 4) is 11.5 Å². The molecule has 1 fully saturated rings. The molecule has 1 saturated carbocycles. The van der Waals surface area contributed by atoms with Crippen molar-refractivity contribution < 1.29 is 9.21 Å². The van der Waals surface area contributed by atoms with Gasteiger partial charge in [0.1, 0.15) is 0 Å². The van der Waals surface area contributed by atoms with E-state index in [9.17, 15) is 4.79 Å². The average Bonchev–Trinajstić information content (AvgIpc) is 3.03. The summed E-state index contributed by atoms with van der Waals surface area (Å²) in [5, 5.41) is 10.8. The molecule has 1 aliphatic carbocycles. The van der Waals surface area contributed by atoms with Crippen LogP contribution in [0, 0.1) is 5.92 Å². The number of hydrogen-bond donors (Lipinski definition) is 1. The van der Waals surface area contributed by atoms with Gasteiger partial charge >= 0.3 is 0 Å². The van der Waals surface area contributed by atoms with E-state index in [0.29, 0.717) is 11.8 Å². The van der Waals surface area contributed by atoms with Crippen molar-refractivity contribution in [2.24, 2.45) is 5.92 Å². The minimum Gasteiger partial charge on any atom is -0.419 e. The predicted molar refractivity (Wildman–Crippen MR) is 76.0 cm³/mol. The maximum Gasteiger partial charge on any atom is 0.247 e. The molecule has 2 aromatic rings. The number of rotatable bonds is 4. The van der Waals surface area contributed by atoms with E-state index in [1.165, 1.54) is 6.42 Å². The molecule has 1 N–H and O–H groups in total. The van der Waals surface area contributed by atoms with Gasteiger partial charge in [-0.1, -0.05) is 19.3 Å². The van der Waals surface area contributed by atoms with Crippen molar-refractivity contribution >= 4 is 5.91 Å². The first-order valence-corrected chi connectivity index (χ1v) is 7.33. The molecule has 6 nitrogen and oxygen atoms in total. The number of aromatic nitrogens is 3. The van der Waals surface area contributed by atoms with Gasteiger partial charge in [-0.05, 0) is 25.0 Å². The van der Waals surface area contributed by atoms with Crippen molar-refractivity contribution in [2.75, 3.05) is 0 Å². The zero-order chi connectivity index (χ0) is 14.5.